The van der Waals surface area contributed by atoms with Crippen molar-refractivity contribution in [2.24, 2.45) is 7.05 Å². The summed E-state index contributed by atoms with van der Waals surface area (Å²) in [5.41, 5.74) is 1.08. The Kier molecular flexibility index (Phi) is 5.03. The average Bonchev–Trinajstić information content (AvgIpc) is 3.21. The van der Waals surface area contributed by atoms with E-state index in [0.717, 1.165) is 43.8 Å². The van der Waals surface area contributed by atoms with Crippen LogP contribution in [-0.2, 0) is 17.1 Å². The molecule has 3 rings (SSSR count). The van der Waals surface area contributed by atoms with Crippen molar-refractivity contribution >= 4 is 10.0 Å². The number of sulfonamides is 1. The van der Waals surface area contributed by atoms with E-state index in [0.29, 0.717) is 0 Å². The first kappa shape index (κ1) is 17.1. The summed E-state index contributed by atoms with van der Waals surface area (Å²) in [7, 11) is -1.69. The molecule has 2 aromatic rings. The zero-order valence-corrected chi connectivity index (χ0v) is 14.5. The maximum absolute atomic E-state index is 13.0. The van der Waals surface area contributed by atoms with E-state index >= 15 is 0 Å². The van der Waals surface area contributed by atoms with Gasteiger partial charge in [0.2, 0.25) is 10.0 Å². The first-order valence-corrected chi connectivity index (χ1v) is 9.56. The molecule has 1 N–H and O–H groups in total. The minimum absolute atomic E-state index is 0.0114. The lowest BCUT2D eigenvalue weighted by molar-refractivity contribution is 0.238. The van der Waals surface area contributed by atoms with E-state index < -0.39 is 15.8 Å². The maximum Gasteiger partial charge on any atom is 0.240 e. The van der Waals surface area contributed by atoms with Crippen LogP contribution in [0.1, 0.15) is 24.6 Å². The first-order chi connectivity index (χ1) is 11.5. The Morgan fingerprint density at radius 1 is 1.17 bits per heavy atom. The van der Waals surface area contributed by atoms with Crippen molar-refractivity contribution in [1.29, 1.82) is 0 Å². The fourth-order valence-electron chi connectivity index (χ4n) is 3.18. The van der Waals surface area contributed by atoms with Gasteiger partial charge < -0.3 is 4.57 Å². The van der Waals surface area contributed by atoms with Crippen LogP contribution < -0.4 is 4.72 Å². The van der Waals surface area contributed by atoms with Crippen LogP contribution in [0.25, 0.3) is 0 Å². The predicted molar refractivity (Wildman–Crippen MR) is 90.5 cm³/mol. The monoisotopic (exact) mass is 351 g/mol. The van der Waals surface area contributed by atoms with Crippen LogP contribution in [0.4, 0.5) is 4.39 Å². The molecule has 0 saturated carbocycles. The molecule has 1 aliphatic rings. The summed E-state index contributed by atoms with van der Waals surface area (Å²) < 4.78 is 42.6. The zero-order valence-electron chi connectivity index (χ0n) is 13.7. The Balaban J connectivity index is 1.78. The summed E-state index contributed by atoms with van der Waals surface area (Å²) in [4.78, 5) is 2.39. The second kappa shape index (κ2) is 7.04. The number of nitrogens with zero attached hydrogens (tertiary/aromatic N) is 2. The maximum atomic E-state index is 13.0. The van der Waals surface area contributed by atoms with E-state index in [1.165, 1.54) is 12.1 Å². The molecule has 0 aliphatic carbocycles. The van der Waals surface area contributed by atoms with Crippen LogP contribution in [0.3, 0.4) is 0 Å². The highest BCUT2D eigenvalue weighted by Crippen LogP contribution is 2.25. The Morgan fingerprint density at radius 3 is 2.42 bits per heavy atom. The van der Waals surface area contributed by atoms with E-state index in [9.17, 15) is 12.8 Å². The minimum Gasteiger partial charge on any atom is -0.353 e. The highest BCUT2D eigenvalue weighted by molar-refractivity contribution is 7.89. The van der Waals surface area contributed by atoms with Gasteiger partial charge in [-0.3, -0.25) is 4.90 Å². The van der Waals surface area contributed by atoms with Crippen molar-refractivity contribution in [2.75, 3.05) is 19.6 Å². The molecule has 5 nitrogen and oxygen atoms in total. The largest absolute Gasteiger partial charge is 0.353 e. The average molecular weight is 351 g/mol. The lowest BCUT2D eigenvalue weighted by atomic mass is 10.2. The molecule has 0 spiro atoms. The standard InChI is InChI=1S/C17H22FN3O2S/c1-20-10-4-5-16(20)17(21-11-2-3-12-21)13-19-24(22,23)15-8-6-14(18)7-9-15/h4-10,17,19H,2-3,11-13H2,1H3. The molecule has 0 bridgehead atoms. The summed E-state index contributed by atoms with van der Waals surface area (Å²) in [5, 5.41) is 0. The Morgan fingerprint density at radius 2 is 1.83 bits per heavy atom. The number of hydrogen-bond acceptors (Lipinski definition) is 3. The van der Waals surface area contributed by atoms with Crippen molar-refractivity contribution < 1.29 is 12.8 Å². The summed E-state index contributed by atoms with van der Waals surface area (Å²) in [6.07, 6.45) is 4.23. The van der Waals surface area contributed by atoms with Gasteiger partial charge in [-0.15, -0.1) is 0 Å². The third kappa shape index (κ3) is 3.68. The molecule has 2 heterocycles. The number of halogens is 1. The lowest BCUT2D eigenvalue weighted by Gasteiger charge is -2.28. The van der Waals surface area contributed by atoms with Gasteiger partial charge in [0.15, 0.2) is 0 Å². The van der Waals surface area contributed by atoms with Crippen LogP contribution in [0.2, 0.25) is 0 Å². The van der Waals surface area contributed by atoms with Crippen LogP contribution in [0.15, 0.2) is 47.5 Å². The van der Waals surface area contributed by atoms with Crippen molar-refractivity contribution in [3.8, 4) is 0 Å². The number of benzene rings is 1. The number of aryl methyl sites for hydroxylation is 1. The quantitative estimate of drug-likeness (QED) is 0.869. The van der Waals surface area contributed by atoms with Crippen LogP contribution in [0.5, 0.6) is 0 Å². The molecular weight excluding hydrogens is 329 g/mol. The van der Waals surface area contributed by atoms with E-state index in [1.54, 1.807) is 0 Å². The summed E-state index contributed by atoms with van der Waals surface area (Å²) in [6, 6.07) is 8.86. The van der Waals surface area contributed by atoms with Gasteiger partial charge in [-0.25, -0.2) is 17.5 Å². The van der Waals surface area contributed by atoms with Gasteiger partial charge in [0.05, 0.1) is 10.9 Å². The smallest absolute Gasteiger partial charge is 0.240 e. The molecule has 130 valence electrons. The molecular formula is C17H22FN3O2S. The van der Waals surface area contributed by atoms with Crippen LogP contribution in [-0.4, -0.2) is 37.5 Å². The predicted octanol–water partition coefficient (Wildman–Crippen LogP) is 2.28. The molecule has 0 amide bonds. The third-order valence-electron chi connectivity index (χ3n) is 4.50. The fraction of sp³-hybridized carbons (Fsp3) is 0.412. The molecule has 24 heavy (non-hydrogen) atoms. The lowest BCUT2D eigenvalue weighted by Crippen LogP contribution is -2.37. The highest BCUT2D eigenvalue weighted by Gasteiger charge is 2.27. The number of likely N-dealkylation sites (tertiary alicyclic amines) is 1. The molecule has 1 aromatic carbocycles. The van der Waals surface area contributed by atoms with E-state index in [-0.39, 0.29) is 17.5 Å². The van der Waals surface area contributed by atoms with E-state index in [1.807, 2.05) is 29.9 Å². The molecule has 1 saturated heterocycles. The molecule has 7 heteroatoms. The Labute approximate surface area is 142 Å². The summed E-state index contributed by atoms with van der Waals surface area (Å²) in [5.74, 6) is -0.451. The number of rotatable bonds is 6. The van der Waals surface area contributed by atoms with Crippen molar-refractivity contribution in [3.63, 3.8) is 0 Å². The Bertz CT molecular complexity index is 780. The van der Waals surface area contributed by atoms with Gasteiger partial charge in [0.25, 0.3) is 0 Å². The fourth-order valence-corrected chi connectivity index (χ4v) is 4.22. The van der Waals surface area contributed by atoms with Crippen molar-refractivity contribution in [3.05, 3.63) is 54.1 Å². The van der Waals surface area contributed by atoms with E-state index in [4.69, 9.17) is 0 Å². The van der Waals surface area contributed by atoms with Crippen molar-refractivity contribution in [2.45, 2.75) is 23.8 Å². The second-order valence-corrected chi connectivity index (χ2v) is 7.88. The SMILES string of the molecule is Cn1cccc1C(CNS(=O)(=O)c1ccc(F)cc1)N1CCCC1. The first-order valence-electron chi connectivity index (χ1n) is 8.08. The molecule has 1 aromatic heterocycles. The van der Waals surface area contributed by atoms with Gasteiger partial charge in [-0.2, -0.15) is 0 Å². The molecule has 1 fully saturated rings. The van der Waals surface area contributed by atoms with Crippen LogP contribution in [0, 0.1) is 5.82 Å². The Hall–Kier alpha value is -1.70. The van der Waals surface area contributed by atoms with Gasteiger partial charge in [0.1, 0.15) is 5.82 Å². The third-order valence-corrected chi connectivity index (χ3v) is 5.94. The van der Waals surface area contributed by atoms with Gasteiger partial charge in [-0.1, -0.05) is 0 Å². The molecule has 1 unspecified atom stereocenters. The topological polar surface area (TPSA) is 54.3 Å². The van der Waals surface area contributed by atoms with Gasteiger partial charge >= 0.3 is 0 Å². The summed E-state index contributed by atoms with van der Waals surface area (Å²) in [6.45, 7) is 2.22. The van der Waals surface area contributed by atoms with Gasteiger partial charge in [-0.05, 0) is 62.3 Å². The van der Waals surface area contributed by atoms with E-state index in [2.05, 4.69) is 9.62 Å². The molecule has 1 aliphatic heterocycles. The number of nitrogens with one attached hydrogen (secondary N) is 1. The zero-order chi connectivity index (χ0) is 17.2. The van der Waals surface area contributed by atoms with Gasteiger partial charge in [0, 0.05) is 25.5 Å². The molecule has 1 atom stereocenters. The van der Waals surface area contributed by atoms with Crippen molar-refractivity contribution in [1.82, 2.24) is 14.2 Å². The molecule has 0 radical (unpaired) electrons. The number of hydrogen-bond donors (Lipinski definition) is 1. The second-order valence-electron chi connectivity index (χ2n) is 6.11. The highest BCUT2D eigenvalue weighted by atomic mass is 32.2. The number of aromatic nitrogens is 1. The normalized spacial score (nSPS) is 17.2. The summed E-state index contributed by atoms with van der Waals surface area (Å²) >= 11 is 0. The minimum atomic E-state index is -3.66. The van der Waals surface area contributed by atoms with Crippen LogP contribution >= 0.6 is 0 Å².